The molecule has 0 bridgehead atoms. The van der Waals surface area contributed by atoms with E-state index in [-0.39, 0.29) is 5.97 Å². The highest BCUT2D eigenvalue weighted by Crippen LogP contribution is 1.90. The summed E-state index contributed by atoms with van der Waals surface area (Å²) < 4.78 is 4.45. The number of ether oxygens (including phenoxy) is 1. The molecule has 0 radical (unpaired) electrons. The summed E-state index contributed by atoms with van der Waals surface area (Å²) in [5, 5.41) is 3.07. The van der Waals surface area contributed by atoms with Gasteiger partial charge in [0, 0.05) is 17.8 Å². The Morgan fingerprint density at radius 1 is 1.55 bits per heavy atom. The van der Waals surface area contributed by atoms with Crippen molar-refractivity contribution in [3.05, 3.63) is 11.8 Å². The average molecular weight is 157 g/mol. The van der Waals surface area contributed by atoms with E-state index in [1.165, 1.54) is 13.2 Å². The van der Waals surface area contributed by atoms with Crippen molar-refractivity contribution in [3.8, 4) is 0 Å². The zero-order chi connectivity index (χ0) is 8.85. The highest BCUT2D eigenvalue weighted by molar-refractivity contribution is 5.82. The quantitative estimate of drug-likeness (QED) is 0.491. The van der Waals surface area contributed by atoms with Crippen molar-refractivity contribution in [3.63, 3.8) is 0 Å². The van der Waals surface area contributed by atoms with E-state index in [9.17, 15) is 4.79 Å². The summed E-state index contributed by atoms with van der Waals surface area (Å²) in [6, 6.07) is 0.343. The lowest BCUT2D eigenvalue weighted by Gasteiger charge is -2.08. The summed E-state index contributed by atoms with van der Waals surface area (Å²) in [6.07, 6.45) is 1.43. The SMILES string of the molecule is COC(=O)/C=C(\C)NC(C)C. The van der Waals surface area contributed by atoms with Crippen LogP contribution in [0.3, 0.4) is 0 Å². The van der Waals surface area contributed by atoms with Gasteiger partial charge in [0.2, 0.25) is 0 Å². The maximum atomic E-state index is 10.7. The van der Waals surface area contributed by atoms with Gasteiger partial charge in [-0.05, 0) is 20.8 Å². The number of esters is 1. The van der Waals surface area contributed by atoms with E-state index in [2.05, 4.69) is 10.1 Å². The van der Waals surface area contributed by atoms with Crippen LogP contribution in [0.15, 0.2) is 11.8 Å². The van der Waals surface area contributed by atoms with Crippen molar-refractivity contribution >= 4 is 5.97 Å². The van der Waals surface area contributed by atoms with Crippen LogP contribution in [0.25, 0.3) is 0 Å². The van der Waals surface area contributed by atoms with Gasteiger partial charge in [0.25, 0.3) is 0 Å². The van der Waals surface area contributed by atoms with Crippen molar-refractivity contribution in [2.75, 3.05) is 7.11 Å². The molecular weight excluding hydrogens is 142 g/mol. The smallest absolute Gasteiger partial charge is 0.332 e. The summed E-state index contributed by atoms with van der Waals surface area (Å²) in [4.78, 5) is 10.7. The molecule has 1 N–H and O–H groups in total. The Morgan fingerprint density at radius 2 is 2.09 bits per heavy atom. The van der Waals surface area contributed by atoms with E-state index >= 15 is 0 Å². The van der Waals surface area contributed by atoms with Gasteiger partial charge < -0.3 is 10.1 Å². The minimum absolute atomic E-state index is 0.323. The third-order valence-electron chi connectivity index (χ3n) is 1.05. The molecule has 0 aliphatic heterocycles. The molecule has 0 unspecified atom stereocenters. The van der Waals surface area contributed by atoms with Gasteiger partial charge in [-0.3, -0.25) is 0 Å². The zero-order valence-electron chi connectivity index (χ0n) is 7.47. The number of rotatable bonds is 3. The Kier molecular flexibility index (Phi) is 4.34. The van der Waals surface area contributed by atoms with E-state index in [0.717, 1.165) is 5.70 Å². The molecule has 0 aromatic rings. The second-order valence-electron chi connectivity index (χ2n) is 2.65. The van der Waals surface area contributed by atoms with Crippen LogP contribution in [0.2, 0.25) is 0 Å². The lowest BCUT2D eigenvalue weighted by Crippen LogP contribution is -2.21. The summed E-state index contributed by atoms with van der Waals surface area (Å²) >= 11 is 0. The standard InChI is InChI=1S/C8H15NO2/c1-6(2)9-7(3)5-8(10)11-4/h5-6,9H,1-4H3/b7-5+. The molecule has 0 aromatic carbocycles. The number of hydrogen-bond donors (Lipinski definition) is 1. The molecular formula is C8H15NO2. The van der Waals surface area contributed by atoms with Gasteiger partial charge in [0.1, 0.15) is 0 Å². The zero-order valence-corrected chi connectivity index (χ0v) is 7.47. The molecule has 0 saturated carbocycles. The third kappa shape index (κ3) is 5.45. The van der Waals surface area contributed by atoms with Gasteiger partial charge in [-0.15, -0.1) is 0 Å². The van der Waals surface area contributed by atoms with Crippen molar-refractivity contribution in [1.82, 2.24) is 5.32 Å². The molecule has 0 fully saturated rings. The first-order valence-electron chi connectivity index (χ1n) is 3.59. The van der Waals surface area contributed by atoms with Crippen LogP contribution in [0.4, 0.5) is 0 Å². The average Bonchev–Trinajstić information content (AvgIpc) is 1.85. The van der Waals surface area contributed by atoms with Crippen LogP contribution >= 0.6 is 0 Å². The molecule has 0 heterocycles. The van der Waals surface area contributed by atoms with E-state index in [1.807, 2.05) is 20.8 Å². The van der Waals surface area contributed by atoms with E-state index in [0.29, 0.717) is 6.04 Å². The van der Waals surface area contributed by atoms with Crippen LogP contribution in [0.5, 0.6) is 0 Å². The molecule has 64 valence electrons. The highest BCUT2D eigenvalue weighted by atomic mass is 16.5. The van der Waals surface area contributed by atoms with Gasteiger partial charge >= 0.3 is 5.97 Å². The molecule has 0 atom stereocenters. The molecule has 0 aromatic heterocycles. The van der Waals surface area contributed by atoms with Gasteiger partial charge in [-0.25, -0.2) is 4.79 Å². The van der Waals surface area contributed by atoms with Crippen molar-refractivity contribution in [2.24, 2.45) is 0 Å². The van der Waals surface area contributed by atoms with Crippen LogP contribution in [0.1, 0.15) is 20.8 Å². The summed E-state index contributed by atoms with van der Waals surface area (Å²) in [6.45, 7) is 5.85. The lowest BCUT2D eigenvalue weighted by atomic mass is 10.3. The minimum atomic E-state index is -0.323. The number of hydrogen-bond acceptors (Lipinski definition) is 3. The maximum absolute atomic E-state index is 10.7. The normalized spacial score (nSPS) is 11.5. The number of carbonyl (C=O) groups excluding carboxylic acids is 1. The van der Waals surface area contributed by atoms with Crippen LogP contribution < -0.4 is 5.32 Å². The molecule has 3 heteroatoms. The van der Waals surface area contributed by atoms with Crippen LogP contribution in [-0.4, -0.2) is 19.1 Å². The lowest BCUT2D eigenvalue weighted by molar-refractivity contribution is -0.134. The third-order valence-corrected chi connectivity index (χ3v) is 1.05. The number of nitrogens with one attached hydrogen (secondary N) is 1. The minimum Gasteiger partial charge on any atom is -0.466 e. The molecule has 0 aliphatic carbocycles. The Bertz CT molecular complexity index is 161. The Balaban J connectivity index is 3.90. The monoisotopic (exact) mass is 157 g/mol. The van der Waals surface area contributed by atoms with Crippen LogP contribution in [0, 0.1) is 0 Å². The fraction of sp³-hybridized carbons (Fsp3) is 0.625. The van der Waals surface area contributed by atoms with E-state index in [4.69, 9.17) is 0 Å². The van der Waals surface area contributed by atoms with Crippen molar-refractivity contribution in [2.45, 2.75) is 26.8 Å². The first-order chi connectivity index (χ1) is 5.06. The number of allylic oxidation sites excluding steroid dienone is 1. The second-order valence-corrected chi connectivity index (χ2v) is 2.65. The molecule has 0 amide bonds. The van der Waals surface area contributed by atoms with E-state index in [1.54, 1.807) is 0 Å². The molecule has 0 spiro atoms. The molecule has 11 heavy (non-hydrogen) atoms. The predicted molar refractivity (Wildman–Crippen MR) is 44.0 cm³/mol. The van der Waals surface area contributed by atoms with Gasteiger partial charge in [-0.1, -0.05) is 0 Å². The van der Waals surface area contributed by atoms with Gasteiger partial charge in [-0.2, -0.15) is 0 Å². The first-order valence-corrected chi connectivity index (χ1v) is 3.59. The number of methoxy groups -OCH3 is 1. The predicted octanol–water partition coefficient (Wildman–Crippen LogP) is 1.06. The van der Waals surface area contributed by atoms with E-state index < -0.39 is 0 Å². The maximum Gasteiger partial charge on any atom is 0.332 e. The summed E-state index contributed by atoms with van der Waals surface area (Å²) in [5.41, 5.74) is 0.826. The van der Waals surface area contributed by atoms with Crippen molar-refractivity contribution < 1.29 is 9.53 Å². The Morgan fingerprint density at radius 3 is 2.45 bits per heavy atom. The fourth-order valence-electron chi connectivity index (χ4n) is 0.733. The fourth-order valence-corrected chi connectivity index (χ4v) is 0.733. The molecule has 0 aliphatic rings. The Hall–Kier alpha value is -0.990. The highest BCUT2D eigenvalue weighted by Gasteiger charge is 1.96. The largest absolute Gasteiger partial charge is 0.466 e. The topological polar surface area (TPSA) is 38.3 Å². The molecule has 0 saturated heterocycles. The molecule has 3 nitrogen and oxygen atoms in total. The second kappa shape index (κ2) is 4.77. The Labute approximate surface area is 67.4 Å². The summed E-state index contributed by atoms with van der Waals surface area (Å²) in [5.74, 6) is -0.323. The molecule has 0 rings (SSSR count). The van der Waals surface area contributed by atoms with Crippen LogP contribution in [-0.2, 0) is 9.53 Å². The van der Waals surface area contributed by atoms with Gasteiger partial charge in [0.05, 0.1) is 7.11 Å². The first kappa shape index (κ1) is 10.0. The van der Waals surface area contributed by atoms with Crippen molar-refractivity contribution in [1.29, 1.82) is 0 Å². The van der Waals surface area contributed by atoms with Gasteiger partial charge in [0.15, 0.2) is 0 Å². The number of carbonyl (C=O) groups is 1. The summed E-state index contributed by atoms with van der Waals surface area (Å²) in [7, 11) is 1.36.